The highest BCUT2D eigenvalue weighted by molar-refractivity contribution is 6.30. The van der Waals surface area contributed by atoms with Crippen LogP contribution >= 0.6 is 11.6 Å². The van der Waals surface area contributed by atoms with Crippen LogP contribution < -0.4 is 10.1 Å². The van der Waals surface area contributed by atoms with Crippen molar-refractivity contribution < 1.29 is 9.53 Å². The zero-order chi connectivity index (χ0) is 22.1. The van der Waals surface area contributed by atoms with Crippen LogP contribution in [0.15, 0.2) is 48.5 Å². The number of imidazole rings is 1. The molecule has 3 rings (SSSR count). The van der Waals surface area contributed by atoms with E-state index in [9.17, 15) is 4.79 Å². The summed E-state index contributed by atoms with van der Waals surface area (Å²) < 4.78 is 7.84. The van der Waals surface area contributed by atoms with Gasteiger partial charge in [0, 0.05) is 24.5 Å². The monoisotopic (exact) mass is 441 g/mol. The van der Waals surface area contributed by atoms with Crippen LogP contribution in [0.2, 0.25) is 5.02 Å². The molecule has 5 nitrogen and oxygen atoms in total. The maximum atomic E-state index is 11.9. The highest BCUT2D eigenvalue weighted by Gasteiger charge is 2.10. The second-order valence-corrected chi connectivity index (χ2v) is 8.69. The number of para-hydroxylation sites is 2. The first-order valence-electron chi connectivity index (χ1n) is 11.1. The number of benzene rings is 2. The van der Waals surface area contributed by atoms with E-state index in [-0.39, 0.29) is 12.5 Å². The van der Waals surface area contributed by atoms with Gasteiger partial charge in [0.05, 0.1) is 11.0 Å². The summed E-state index contributed by atoms with van der Waals surface area (Å²) in [6.45, 7) is 6.20. The van der Waals surface area contributed by atoms with Crippen LogP contribution in [-0.2, 0) is 17.8 Å². The van der Waals surface area contributed by atoms with Crippen molar-refractivity contribution in [1.29, 1.82) is 0 Å². The number of amides is 1. The normalized spacial score (nSPS) is 11.2. The Labute approximate surface area is 189 Å². The highest BCUT2D eigenvalue weighted by Crippen LogP contribution is 2.19. The summed E-state index contributed by atoms with van der Waals surface area (Å²) in [6.07, 6.45) is 5.16. The van der Waals surface area contributed by atoms with Crippen molar-refractivity contribution in [1.82, 2.24) is 14.9 Å². The molecule has 1 N–H and O–H groups in total. The summed E-state index contributed by atoms with van der Waals surface area (Å²) in [5.74, 6) is 2.37. The predicted molar refractivity (Wildman–Crippen MR) is 127 cm³/mol. The number of carbonyl (C=O) groups is 1. The summed E-state index contributed by atoms with van der Waals surface area (Å²) in [6, 6.07) is 15.4. The van der Waals surface area contributed by atoms with Gasteiger partial charge in [0.2, 0.25) is 0 Å². The minimum atomic E-state index is -0.106. The highest BCUT2D eigenvalue weighted by atomic mass is 35.5. The van der Waals surface area contributed by atoms with Gasteiger partial charge >= 0.3 is 0 Å². The van der Waals surface area contributed by atoms with E-state index >= 15 is 0 Å². The second kappa shape index (κ2) is 11.8. The minimum Gasteiger partial charge on any atom is -0.484 e. The maximum Gasteiger partial charge on any atom is 0.257 e. The Morgan fingerprint density at radius 3 is 2.65 bits per heavy atom. The van der Waals surface area contributed by atoms with E-state index in [0.717, 1.165) is 44.2 Å². The lowest BCUT2D eigenvalue weighted by Gasteiger charge is -2.11. The molecule has 0 radical (unpaired) electrons. The van der Waals surface area contributed by atoms with Gasteiger partial charge in [-0.3, -0.25) is 4.79 Å². The van der Waals surface area contributed by atoms with E-state index in [1.165, 1.54) is 11.3 Å². The summed E-state index contributed by atoms with van der Waals surface area (Å²) in [5, 5.41) is 3.56. The first-order chi connectivity index (χ1) is 15.0. The Bertz CT molecular complexity index is 967. The van der Waals surface area contributed by atoms with Gasteiger partial charge in [0.1, 0.15) is 11.6 Å². The van der Waals surface area contributed by atoms with Crippen molar-refractivity contribution in [2.45, 2.75) is 52.5 Å². The number of aryl methyl sites for hydroxylation is 2. The molecule has 0 atom stereocenters. The molecule has 0 unspecified atom stereocenters. The molecular formula is C25H32ClN3O2. The molecule has 0 saturated carbocycles. The van der Waals surface area contributed by atoms with Crippen LogP contribution in [0.25, 0.3) is 11.0 Å². The average Bonchev–Trinajstić information content (AvgIpc) is 3.11. The average molecular weight is 442 g/mol. The molecule has 0 spiro atoms. The topological polar surface area (TPSA) is 56.2 Å². The lowest BCUT2D eigenvalue weighted by Crippen LogP contribution is -2.29. The van der Waals surface area contributed by atoms with Crippen molar-refractivity contribution in [2.75, 3.05) is 13.2 Å². The molecule has 3 aromatic rings. The standard InChI is InChI=1S/C25H32ClN3O2/c1-19(2)15-17-29-23-9-6-5-8-22(23)28-24(29)10-4-3-7-16-27-25(30)18-31-21-13-11-20(26)12-14-21/h5-6,8-9,11-14,19H,3-4,7,10,15-18H2,1-2H3,(H,27,30). The molecule has 0 saturated heterocycles. The molecule has 1 amide bonds. The van der Waals surface area contributed by atoms with Gasteiger partial charge in [0.15, 0.2) is 6.61 Å². The van der Waals surface area contributed by atoms with Gasteiger partial charge in [-0.1, -0.05) is 44.0 Å². The number of unbranched alkanes of at least 4 members (excludes halogenated alkanes) is 2. The van der Waals surface area contributed by atoms with Crippen LogP contribution in [0, 0.1) is 5.92 Å². The lowest BCUT2D eigenvalue weighted by molar-refractivity contribution is -0.123. The first kappa shape index (κ1) is 23.1. The second-order valence-electron chi connectivity index (χ2n) is 8.25. The maximum absolute atomic E-state index is 11.9. The van der Waals surface area contributed by atoms with Gasteiger partial charge in [0.25, 0.3) is 5.91 Å². The van der Waals surface area contributed by atoms with Gasteiger partial charge in [-0.05, 0) is 61.6 Å². The largest absolute Gasteiger partial charge is 0.484 e. The molecular weight excluding hydrogens is 410 g/mol. The Morgan fingerprint density at radius 2 is 1.87 bits per heavy atom. The summed E-state index contributed by atoms with van der Waals surface area (Å²) in [5.41, 5.74) is 2.31. The summed E-state index contributed by atoms with van der Waals surface area (Å²) in [7, 11) is 0. The first-order valence-corrected chi connectivity index (χ1v) is 11.5. The smallest absolute Gasteiger partial charge is 0.257 e. The van der Waals surface area contributed by atoms with Gasteiger partial charge in [-0.25, -0.2) is 4.98 Å². The number of hydrogen-bond donors (Lipinski definition) is 1. The van der Waals surface area contributed by atoms with Gasteiger partial charge in [-0.15, -0.1) is 0 Å². The Kier molecular flexibility index (Phi) is 8.77. The quantitative estimate of drug-likeness (QED) is 0.370. The van der Waals surface area contributed by atoms with Crippen LogP contribution in [0.3, 0.4) is 0 Å². The fourth-order valence-electron chi connectivity index (χ4n) is 3.50. The van der Waals surface area contributed by atoms with E-state index < -0.39 is 0 Å². The van der Waals surface area contributed by atoms with Crippen LogP contribution in [0.5, 0.6) is 5.75 Å². The van der Waals surface area contributed by atoms with E-state index in [4.69, 9.17) is 21.3 Å². The Balaban J connectivity index is 1.37. The molecule has 0 aliphatic rings. The fourth-order valence-corrected chi connectivity index (χ4v) is 3.62. The minimum absolute atomic E-state index is 0.0154. The number of rotatable bonds is 12. The van der Waals surface area contributed by atoms with E-state index in [1.54, 1.807) is 24.3 Å². The number of carbonyl (C=O) groups excluding carboxylic acids is 1. The number of nitrogens with zero attached hydrogens (tertiary/aromatic N) is 2. The number of ether oxygens (including phenoxy) is 1. The predicted octanol–water partition coefficient (Wildman–Crippen LogP) is 5.64. The van der Waals surface area contributed by atoms with Crippen LogP contribution in [0.1, 0.15) is 45.4 Å². The molecule has 166 valence electrons. The van der Waals surface area contributed by atoms with Crippen molar-refractivity contribution in [3.8, 4) is 5.75 Å². The Morgan fingerprint density at radius 1 is 1.10 bits per heavy atom. The SMILES string of the molecule is CC(C)CCn1c(CCCCCNC(=O)COc2ccc(Cl)cc2)nc2ccccc21. The third-order valence-electron chi connectivity index (χ3n) is 5.25. The third kappa shape index (κ3) is 7.28. The van der Waals surface area contributed by atoms with Crippen molar-refractivity contribution in [2.24, 2.45) is 5.92 Å². The Hall–Kier alpha value is -2.53. The van der Waals surface area contributed by atoms with E-state index in [0.29, 0.717) is 23.2 Å². The van der Waals surface area contributed by atoms with E-state index in [2.05, 4.69) is 41.9 Å². The van der Waals surface area contributed by atoms with Crippen molar-refractivity contribution in [3.05, 3.63) is 59.4 Å². The number of hydrogen-bond acceptors (Lipinski definition) is 3. The molecule has 6 heteroatoms. The lowest BCUT2D eigenvalue weighted by atomic mass is 10.1. The van der Waals surface area contributed by atoms with Crippen LogP contribution in [-0.4, -0.2) is 28.6 Å². The number of aromatic nitrogens is 2. The zero-order valence-electron chi connectivity index (χ0n) is 18.4. The summed E-state index contributed by atoms with van der Waals surface area (Å²) in [4.78, 5) is 16.8. The fraction of sp³-hybridized carbons (Fsp3) is 0.440. The number of nitrogens with one attached hydrogen (secondary N) is 1. The molecule has 1 aromatic heterocycles. The van der Waals surface area contributed by atoms with Crippen molar-refractivity contribution >= 4 is 28.5 Å². The third-order valence-corrected chi connectivity index (χ3v) is 5.50. The van der Waals surface area contributed by atoms with Crippen LogP contribution in [0.4, 0.5) is 0 Å². The molecule has 31 heavy (non-hydrogen) atoms. The molecule has 0 fully saturated rings. The van der Waals surface area contributed by atoms with Gasteiger partial charge in [-0.2, -0.15) is 0 Å². The number of halogens is 1. The van der Waals surface area contributed by atoms with Crippen molar-refractivity contribution in [3.63, 3.8) is 0 Å². The number of fused-ring (bicyclic) bond motifs is 1. The molecule has 1 heterocycles. The molecule has 0 bridgehead atoms. The van der Waals surface area contributed by atoms with Gasteiger partial charge < -0.3 is 14.6 Å². The zero-order valence-corrected chi connectivity index (χ0v) is 19.2. The summed E-state index contributed by atoms with van der Waals surface area (Å²) >= 11 is 5.84. The van der Waals surface area contributed by atoms with E-state index in [1.807, 2.05) is 6.07 Å². The molecule has 0 aliphatic heterocycles. The molecule has 2 aromatic carbocycles. The molecule has 0 aliphatic carbocycles.